The minimum Gasteiger partial charge on any atom is -0.328 e. The Balaban J connectivity index is 2.17. The van der Waals surface area contributed by atoms with Crippen LogP contribution in [0.3, 0.4) is 0 Å². The first kappa shape index (κ1) is 9.40. The van der Waals surface area contributed by atoms with Crippen molar-refractivity contribution in [2.45, 2.75) is 19.9 Å². The highest BCUT2D eigenvalue weighted by molar-refractivity contribution is 5.96. The number of hydrogen-bond donors (Lipinski definition) is 1. The highest BCUT2D eigenvalue weighted by Crippen LogP contribution is 2.14. The normalized spacial score (nSPS) is 21.4. The van der Waals surface area contributed by atoms with Gasteiger partial charge in [-0.2, -0.15) is 0 Å². The van der Waals surface area contributed by atoms with Crippen LogP contribution in [0.5, 0.6) is 0 Å². The molecule has 0 bridgehead atoms. The van der Waals surface area contributed by atoms with Crippen LogP contribution in [-0.4, -0.2) is 28.4 Å². The van der Waals surface area contributed by atoms with Crippen LogP contribution in [-0.2, 0) is 6.54 Å². The molecule has 1 aromatic rings. The van der Waals surface area contributed by atoms with Gasteiger partial charge in [-0.3, -0.25) is 4.79 Å². The molecule has 1 aliphatic heterocycles. The topological polar surface area (TPSA) is 46.9 Å². The summed E-state index contributed by atoms with van der Waals surface area (Å²) in [4.78, 5) is 16.0. The van der Waals surface area contributed by atoms with Crippen molar-refractivity contribution >= 4 is 5.78 Å². The first-order valence-electron chi connectivity index (χ1n) is 5.08. The van der Waals surface area contributed by atoms with Crippen molar-refractivity contribution in [3.8, 4) is 0 Å². The van der Waals surface area contributed by atoms with Crippen LogP contribution in [0.4, 0.5) is 0 Å². The zero-order valence-corrected chi connectivity index (χ0v) is 8.36. The Morgan fingerprint density at radius 1 is 1.79 bits per heavy atom. The summed E-state index contributed by atoms with van der Waals surface area (Å²) < 4.78 is 1.90. The molecule has 0 spiro atoms. The second-order valence-electron chi connectivity index (χ2n) is 3.62. The van der Waals surface area contributed by atoms with Crippen molar-refractivity contribution < 1.29 is 4.79 Å². The molecule has 1 unspecified atom stereocenters. The van der Waals surface area contributed by atoms with Gasteiger partial charge < -0.3 is 9.88 Å². The Bertz CT molecular complexity index is 326. The molecule has 0 aliphatic carbocycles. The second-order valence-corrected chi connectivity index (χ2v) is 3.62. The molecule has 0 saturated carbocycles. The highest BCUT2D eigenvalue weighted by Gasteiger charge is 2.25. The molecule has 2 rings (SSSR count). The number of aryl methyl sites for hydroxylation is 1. The van der Waals surface area contributed by atoms with Crippen LogP contribution in [0, 0.1) is 5.92 Å². The van der Waals surface area contributed by atoms with Crippen LogP contribution in [0.1, 0.15) is 23.8 Å². The highest BCUT2D eigenvalue weighted by atomic mass is 16.1. The van der Waals surface area contributed by atoms with Crippen molar-refractivity contribution in [2.24, 2.45) is 5.92 Å². The molecule has 0 amide bonds. The maximum atomic E-state index is 12.0. The van der Waals surface area contributed by atoms with E-state index in [0.29, 0.717) is 0 Å². The lowest BCUT2D eigenvalue weighted by molar-refractivity contribution is 0.0921. The second kappa shape index (κ2) is 3.92. The Kier molecular flexibility index (Phi) is 2.63. The van der Waals surface area contributed by atoms with Crippen molar-refractivity contribution in [3.63, 3.8) is 0 Å². The van der Waals surface area contributed by atoms with Crippen LogP contribution >= 0.6 is 0 Å². The van der Waals surface area contributed by atoms with Gasteiger partial charge in [0.25, 0.3) is 0 Å². The van der Waals surface area contributed by atoms with E-state index in [1.807, 2.05) is 11.5 Å². The predicted octanol–water partition coefficient (Wildman–Crippen LogP) is 0.695. The number of nitrogens with one attached hydrogen (secondary N) is 1. The van der Waals surface area contributed by atoms with Gasteiger partial charge in [-0.1, -0.05) is 0 Å². The van der Waals surface area contributed by atoms with Gasteiger partial charge in [0.1, 0.15) is 5.69 Å². The Morgan fingerprint density at radius 2 is 2.64 bits per heavy atom. The fourth-order valence-corrected chi connectivity index (χ4v) is 1.87. The summed E-state index contributed by atoms with van der Waals surface area (Å²) in [6.45, 7) is 4.59. The number of nitrogens with zero attached hydrogens (tertiary/aromatic N) is 2. The summed E-state index contributed by atoms with van der Waals surface area (Å²) in [6, 6.07) is 0. The molecule has 1 aliphatic rings. The molecule has 1 atom stereocenters. The fraction of sp³-hybridized carbons (Fsp3) is 0.600. The maximum absolute atomic E-state index is 12.0. The number of aromatic nitrogens is 2. The fourth-order valence-electron chi connectivity index (χ4n) is 1.87. The van der Waals surface area contributed by atoms with Crippen LogP contribution in [0.25, 0.3) is 0 Å². The van der Waals surface area contributed by atoms with Gasteiger partial charge in [-0.05, 0) is 19.9 Å². The molecule has 4 nitrogen and oxygen atoms in total. The van der Waals surface area contributed by atoms with Crippen molar-refractivity contribution in [2.75, 3.05) is 13.1 Å². The number of Topliss-reactive ketones (excluding diaryl/α,β-unsaturated/α-hetero) is 1. The van der Waals surface area contributed by atoms with Crippen LogP contribution in [0.15, 0.2) is 12.5 Å². The quantitative estimate of drug-likeness (QED) is 0.719. The summed E-state index contributed by atoms with van der Waals surface area (Å²) in [7, 11) is 0. The summed E-state index contributed by atoms with van der Waals surface area (Å²) >= 11 is 0. The first-order chi connectivity index (χ1) is 6.83. The van der Waals surface area contributed by atoms with Gasteiger partial charge in [0.2, 0.25) is 0 Å². The number of rotatable bonds is 3. The minimum atomic E-state index is 0.150. The van der Waals surface area contributed by atoms with Gasteiger partial charge in [0.05, 0.1) is 12.5 Å². The monoisotopic (exact) mass is 193 g/mol. The Morgan fingerprint density at radius 3 is 3.29 bits per heavy atom. The smallest absolute Gasteiger partial charge is 0.185 e. The average Bonchev–Trinajstić information content (AvgIpc) is 2.87. The van der Waals surface area contributed by atoms with E-state index in [9.17, 15) is 4.79 Å². The van der Waals surface area contributed by atoms with Gasteiger partial charge in [-0.15, -0.1) is 0 Å². The summed E-state index contributed by atoms with van der Waals surface area (Å²) in [5.41, 5.74) is 0.751. The molecule has 4 heteroatoms. The lowest BCUT2D eigenvalue weighted by atomic mass is 10.0. The van der Waals surface area contributed by atoms with Gasteiger partial charge in [0, 0.05) is 19.0 Å². The molecule has 76 valence electrons. The van der Waals surface area contributed by atoms with Crippen molar-refractivity contribution in [3.05, 3.63) is 18.2 Å². The lowest BCUT2D eigenvalue weighted by Crippen LogP contribution is -2.20. The number of carbonyl (C=O) groups is 1. The maximum Gasteiger partial charge on any atom is 0.185 e. The van der Waals surface area contributed by atoms with E-state index in [4.69, 9.17) is 0 Å². The van der Waals surface area contributed by atoms with E-state index in [1.54, 1.807) is 12.5 Å². The van der Waals surface area contributed by atoms with Crippen LogP contribution in [0.2, 0.25) is 0 Å². The van der Waals surface area contributed by atoms with E-state index in [1.165, 1.54) is 0 Å². The SMILES string of the molecule is CCn1cncc1C(=O)C1CCNC1. The van der Waals surface area contributed by atoms with Crippen molar-refractivity contribution in [1.82, 2.24) is 14.9 Å². The average molecular weight is 193 g/mol. The van der Waals surface area contributed by atoms with Gasteiger partial charge in [0.15, 0.2) is 5.78 Å². The minimum absolute atomic E-state index is 0.150. The predicted molar refractivity (Wildman–Crippen MR) is 53.2 cm³/mol. The number of hydrogen-bond acceptors (Lipinski definition) is 3. The molecular weight excluding hydrogens is 178 g/mol. The third kappa shape index (κ3) is 1.57. The summed E-state index contributed by atoms with van der Waals surface area (Å²) in [5.74, 6) is 0.381. The Hall–Kier alpha value is -1.16. The zero-order chi connectivity index (χ0) is 9.97. The molecular formula is C10H15N3O. The molecule has 0 aromatic carbocycles. The van der Waals surface area contributed by atoms with E-state index < -0.39 is 0 Å². The van der Waals surface area contributed by atoms with Gasteiger partial charge in [-0.25, -0.2) is 4.98 Å². The lowest BCUT2D eigenvalue weighted by Gasteiger charge is -2.08. The van der Waals surface area contributed by atoms with Crippen molar-refractivity contribution in [1.29, 1.82) is 0 Å². The number of carbonyl (C=O) groups excluding carboxylic acids is 1. The molecule has 2 heterocycles. The molecule has 0 radical (unpaired) electrons. The number of imidazole rings is 1. The summed E-state index contributed by atoms with van der Waals surface area (Å²) in [5, 5.41) is 3.20. The first-order valence-corrected chi connectivity index (χ1v) is 5.08. The Labute approximate surface area is 83.3 Å². The van der Waals surface area contributed by atoms with Gasteiger partial charge >= 0.3 is 0 Å². The van der Waals surface area contributed by atoms with E-state index in [0.717, 1.165) is 31.7 Å². The summed E-state index contributed by atoms with van der Waals surface area (Å²) in [6.07, 6.45) is 4.34. The molecule has 14 heavy (non-hydrogen) atoms. The molecule has 1 aromatic heterocycles. The third-order valence-electron chi connectivity index (χ3n) is 2.74. The third-order valence-corrected chi connectivity index (χ3v) is 2.74. The molecule has 1 N–H and O–H groups in total. The molecule has 1 saturated heterocycles. The van der Waals surface area contributed by atoms with E-state index >= 15 is 0 Å². The standard InChI is InChI=1S/C10H15N3O/c1-2-13-7-12-6-9(13)10(14)8-3-4-11-5-8/h6-8,11H,2-5H2,1H3. The van der Waals surface area contributed by atoms with E-state index in [-0.39, 0.29) is 11.7 Å². The number of ketones is 1. The zero-order valence-electron chi connectivity index (χ0n) is 8.36. The molecule has 1 fully saturated rings. The van der Waals surface area contributed by atoms with E-state index in [2.05, 4.69) is 10.3 Å². The van der Waals surface area contributed by atoms with Crippen LogP contribution < -0.4 is 5.32 Å². The largest absolute Gasteiger partial charge is 0.328 e.